The van der Waals surface area contributed by atoms with Crippen LogP contribution in [0.2, 0.25) is 0 Å². The molecule has 0 bridgehead atoms. The van der Waals surface area contributed by atoms with Gasteiger partial charge in [-0.15, -0.1) is 0 Å². The van der Waals surface area contributed by atoms with Crippen LogP contribution in [0.3, 0.4) is 0 Å². The quantitative estimate of drug-likeness (QED) is 0.289. The first-order valence-electron chi connectivity index (χ1n) is 14.9. The summed E-state index contributed by atoms with van der Waals surface area (Å²) in [5.74, 6) is -0.452. The zero-order valence-corrected chi connectivity index (χ0v) is 25.2. The minimum Gasteiger partial charge on any atom is -0.482 e. The summed E-state index contributed by atoms with van der Waals surface area (Å²) < 4.78 is 30.7. The average Bonchev–Trinajstić information content (AvgIpc) is 2.98. The van der Waals surface area contributed by atoms with Crippen molar-refractivity contribution in [2.24, 2.45) is 23.2 Å². The number of aliphatic hydroxyl groups is 1. The number of fused-ring (bicyclic) bond motifs is 4. The summed E-state index contributed by atoms with van der Waals surface area (Å²) in [6, 6.07) is 15.0. The van der Waals surface area contributed by atoms with Crippen LogP contribution in [-0.4, -0.2) is 41.0 Å². The monoisotopic (exact) mass is 589 g/mol. The number of ether oxygens (including phenoxy) is 4. The number of aliphatic hydroxyl groups excluding tert-OH is 1. The van der Waals surface area contributed by atoms with E-state index in [2.05, 4.69) is 18.8 Å². The van der Waals surface area contributed by atoms with Crippen molar-refractivity contribution < 1.29 is 33.3 Å². The summed E-state index contributed by atoms with van der Waals surface area (Å²) in [5, 5.41) is 12.1. The standard InChI is InChI=1S/C34H39NO8/c1-19-23-16-27(40-20(2)36)34(4)30(33(23,3)14-13-24(19)42-32(39-5)21-10-7-6-8-11-21)29(37)28-26(43-34)17-25(41-31(28)38)22-12-9-15-35-18-22/h6-12,15,17-19,23-24,27,29-30,32,37H,13-14,16H2,1-5H3. The molecule has 9 heteroatoms. The van der Waals surface area contributed by atoms with Crippen molar-refractivity contribution in [2.75, 3.05) is 7.11 Å². The minimum atomic E-state index is -1.19. The van der Waals surface area contributed by atoms with E-state index in [1.54, 1.807) is 37.7 Å². The number of benzene rings is 1. The maximum absolute atomic E-state index is 13.4. The molecule has 0 saturated heterocycles. The van der Waals surface area contributed by atoms with Crippen molar-refractivity contribution >= 4 is 5.97 Å². The first-order chi connectivity index (χ1) is 20.6. The van der Waals surface area contributed by atoms with Crippen molar-refractivity contribution in [3.8, 4) is 17.1 Å². The Morgan fingerprint density at radius 2 is 1.93 bits per heavy atom. The van der Waals surface area contributed by atoms with Crippen LogP contribution in [0.5, 0.6) is 5.75 Å². The summed E-state index contributed by atoms with van der Waals surface area (Å²) in [6.45, 7) is 7.58. The Hall–Kier alpha value is -3.53. The van der Waals surface area contributed by atoms with Crippen LogP contribution >= 0.6 is 0 Å². The third-order valence-electron chi connectivity index (χ3n) is 10.2. The van der Waals surface area contributed by atoms with E-state index < -0.39 is 47.0 Å². The second-order valence-corrected chi connectivity index (χ2v) is 12.6. The topological polar surface area (TPSA) is 117 Å². The molecule has 1 N–H and O–H groups in total. The van der Waals surface area contributed by atoms with Crippen LogP contribution in [0.15, 0.2) is 70.1 Å². The molecular formula is C34H39NO8. The summed E-state index contributed by atoms with van der Waals surface area (Å²) in [6.07, 6.45) is 2.66. The zero-order valence-electron chi connectivity index (χ0n) is 25.2. The fourth-order valence-electron chi connectivity index (χ4n) is 8.24. The lowest BCUT2D eigenvalue weighted by molar-refractivity contribution is -0.262. The molecule has 1 aromatic carbocycles. The predicted octanol–water partition coefficient (Wildman–Crippen LogP) is 5.62. The zero-order chi connectivity index (χ0) is 30.5. The van der Waals surface area contributed by atoms with Crippen LogP contribution < -0.4 is 10.4 Å². The van der Waals surface area contributed by atoms with E-state index in [1.807, 2.05) is 37.3 Å². The van der Waals surface area contributed by atoms with Crippen LogP contribution in [0.25, 0.3) is 11.3 Å². The molecule has 43 heavy (non-hydrogen) atoms. The molecule has 3 aromatic rings. The highest BCUT2D eigenvalue weighted by molar-refractivity contribution is 5.66. The average molecular weight is 590 g/mol. The van der Waals surface area contributed by atoms with Crippen molar-refractivity contribution in [3.63, 3.8) is 0 Å². The largest absolute Gasteiger partial charge is 0.482 e. The van der Waals surface area contributed by atoms with Gasteiger partial charge in [0.15, 0.2) is 6.29 Å². The molecule has 3 heterocycles. The number of carbonyl (C=O) groups excluding carboxylic acids is 1. The number of nitrogens with zero attached hydrogens (tertiary/aromatic N) is 1. The fraction of sp³-hybridized carbons (Fsp3) is 0.500. The van der Waals surface area contributed by atoms with E-state index in [4.69, 9.17) is 23.4 Å². The van der Waals surface area contributed by atoms with Crippen LogP contribution in [0, 0.1) is 23.2 Å². The Bertz CT molecular complexity index is 1530. The van der Waals surface area contributed by atoms with Gasteiger partial charge in [0.25, 0.3) is 0 Å². The maximum atomic E-state index is 13.4. The smallest absolute Gasteiger partial charge is 0.345 e. The second-order valence-electron chi connectivity index (χ2n) is 12.6. The molecule has 0 amide bonds. The van der Waals surface area contributed by atoms with Gasteiger partial charge in [-0.1, -0.05) is 44.2 Å². The number of esters is 1. The predicted molar refractivity (Wildman–Crippen MR) is 157 cm³/mol. The van der Waals surface area contributed by atoms with E-state index in [1.165, 1.54) is 6.92 Å². The van der Waals surface area contributed by atoms with Crippen molar-refractivity contribution in [1.29, 1.82) is 0 Å². The molecule has 3 aliphatic rings. The summed E-state index contributed by atoms with van der Waals surface area (Å²) in [4.78, 5) is 30.0. The number of rotatable bonds is 6. The second kappa shape index (κ2) is 11.2. The van der Waals surface area contributed by atoms with Crippen molar-refractivity contribution in [1.82, 2.24) is 4.98 Å². The summed E-state index contributed by atoms with van der Waals surface area (Å²) in [7, 11) is 1.64. The first kappa shape index (κ1) is 29.5. The molecule has 2 saturated carbocycles. The van der Waals surface area contributed by atoms with Crippen molar-refractivity contribution in [2.45, 2.75) is 77.2 Å². The fourth-order valence-corrected chi connectivity index (χ4v) is 8.24. The van der Waals surface area contributed by atoms with Gasteiger partial charge in [0.05, 0.1) is 12.2 Å². The van der Waals surface area contributed by atoms with Gasteiger partial charge < -0.3 is 28.5 Å². The lowest BCUT2D eigenvalue weighted by Crippen LogP contribution is -2.69. The van der Waals surface area contributed by atoms with Gasteiger partial charge in [0, 0.05) is 49.5 Å². The molecule has 2 aliphatic carbocycles. The Morgan fingerprint density at radius 3 is 2.60 bits per heavy atom. The molecule has 9 unspecified atom stereocenters. The molecule has 2 aromatic heterocycles. The number of hydrogen-bond donors (Lipinski definition) is 1. The highest BCUT2D eigenvalue weighted by Gasteiger charge is 2.67. The molecule has 0 spiro atoms. The van der Waals surface area contributed by atoms with E-state index in [0.29, 0.717) is 18.4 Å². The van der Waals surface area contributed by atoms with Gasteiger partial charge in [-0.3, -0.25) is 9.78 Å². The van der Waals surface area contributed by atoms with Gasteiger partial charge in [0.2, 0.25) is 0 Å². The van der Waals surface area contributed by atoms with Gasteiger partial charge in [-0.25, -0.2) is 4.79 Å². The number of aromatic nitrogens is 1. The van der Waals surface area contributed by atoms with Gasteiger partial charge in [-0.05, 0) is 55.6 Å². The Labute approximate surface area is 251 Å². The third-order valence-corrected chi connectivity index (χ3v) is 10.2. The molecule has 2 fully saturated rings. The van der Waals surface area contributed by atoms with E-state index >= 15 is 0 Å². The van der Waals surface area contributed by atoms with Gasteiger partial charge >= 0.3 is 11.6 Å². The number of methoxy groups -OCH3 is 1. The minimum absolute atomic E-state index is 0.0107. The van der Waals surface area contributed by atoms with E-state index in [0.717, 1.165) is 12.0 Å². The number of hydrogen-bond acceptors (Lipinski definition) is 9. The molecule has 9 nitrogen and oxygen atoms in total. The van der Waals surface area contributed by atoms with Gasteiger partial charge in [0.1, 0.15) is 28.8 Å². The molecule has 228 valence electrons. The highest BCUT2D eigenvalue weighted by atomic mass is 16.7. The van der Waals surface area contributed by atoms with E-state index in [9.17, 15) is 14.7 Å². The Morgan fingerprint density at radius 1 is 1.16 bits per heavy atom. The maximum Gasteiger partial charge on any atom is 0.345 e. The normalized spacial score (nSPS) is 33.7. The summed E-state index contributed by atoms with van der Waals surface area (Å²) in [5.41, 5.74) is -0.590. The van der Waals surface area contributed by atoms with E-state index in [-0.39, 0.29) is 35.0 Å². The van der Waals surface area contributed by atoms with Crippen molar-refractivity contribution in [3.05, 3.63) is 82.5 Å². The molecular weight excluding hydrogens is 550 g/mol. The highest BCUT2D eigenvalue weighted by Crippen LogP contribution is 2.65. The van der Waals surface area contributed by atoms with Crippen LogP contribution in [-0.2, 0) is 19.0 Å². The SMILES string of the molecule is COC(OC1CCC2(C)C(CC(OC(C)=O)C3(C)Oc4cc(-c5cccnc5)oc(=O)c4C(O)C23)C1C)c1ccccc1. The number of pyridine rings is 1. The lowest BCUT2D eigenvalue weighted by Gasteiger charge is -2.64. The molecule has 0 radical (unpaired) electrons. The van der Waals surface area contributed by atoms with Gasteiger partial charge in [-0.2, -0.15) is 0 Å². The third kappa shape index (κ3) is 4.97. The lowest BCUT2D eigenvalue weighted by atomic mass is 9.46. The molecule has 1 aliphatic heterocycles. The molecule has 6 rings (SSSR count). The Kier molecular flexibility index (Phi) is 7.69. The molecule has 9 atom stereocenters. The summed E-state index contributed by atoms with van der Waals surface area (Å²) >= 11 is 0. The first-order valence-corrected chi connectivity index (χ1v) is 14.9. The van der Waals surface area contributed by atoms with Crippen LogP contribution in [0.4, 0.5) is 0 Å². The number of carbonyl (C=O) groups is 1. The van der Waals surface area contributed by atoms with Crippen LogP contribution in [0.1, 0.15) is 70.5 Å². The Balaban J connectivity index is 1.38.